The van der Waals surface area contributed by atoms with E-state index >= 15 is 0 Å². The standard InChI is InChI=1S/C17H17N3O2/c1-22-14-9-7-13(8-10-14)16(21)17-18-15(19-20-17)11-12-5-3-2-4-6-12/h2-10,16,21H,11H2,1H3,(H,18,19,20). The average Bonchev–Trinajstić information content (AvgIpc) is 3.04. The summed E-state index contributed by atoms with van der Waals surface area (Å²) in [7, 11) is 1.61. The van der Waals surface area contributed by atoms with Crippen LogP contribution in [0.2, 0.25) is 0 Å². The Hall–Kier alpha value is -2.66. The SMILES string of the molecule is COc1ccc(C(O)c2n[nH]c(Cc3ccccc3)n2)cc1. The van der Waals surface area contributed by atoms with Crippen LogP contribution in [0.3, 0.4) is 0 Å². The van der Waals surface area contributed by atoms with Crippen molar-refractivity contribution in [3.8, 4) is 5.75 Å². The van der Waals surface area contributed by atoms with Gasteiger partial charge in [-0.15, -0.1) is 0 Å². The number of rotatable bonds is 5. The van der Waals surface area contributed by atoms with E-state index in [0.29, 0.717) is 12.2 Å². The molecule has 22 heavy (non-hydrogen) atoms. The summed E-state index contributed by atoms with van der Waals surface area (Å²) < 4.78 is 5.11. The number of hydrogen-bond donors (Lipinski definition) is 2. The van der Waals surface area contributed by atoms with Crippen molar-refractivity contribution in [1.29, 1.82) is 0 Å². The number of nitrogens with zero attached hydrogens (tertiary/aromatic N) is 2. The molecule has 2 N–H and O–H groups in total. The summed E-state index contributed by atoms with van der Waals surface area (Å²) in [6, 6.07) is 17.2. The Morgan fingerprint density at radius 3 is 2.50 bits per heavy atom. The molecule has 0 saturated heterocycles. The van der Waals surface area contributed by atoms with E-state index in [1.54, 1.807) is 31.4 Å². The summed E-state index contributed by atoms with van der Waals surface area (Å²) in [5, 5.41) is 17.3. The van der Waals surface area contributed by atoms with E-state index in [4.69, 9.17) is 4.74 Å². The molecule has 3 aromatic rings. The number of benzene rings is 2. The highest BCUT2D eigenvalue weighted by atomic mass is 16.5. The molecular weight excluding hydrogens is 278 g/mol. The van der Waals surface area contributed by atoms with Crippen LogP contribution in [-0.2, 0) is 6.42 Å². The fourth-order valence-electron chi connectivity index (χ4n) is 2.24. The highest BCUT2D eigenvalue weighted by Gasteiger charge is 2.16. The first kappa shape index (κ1) is 14.3. The molecular formula is C17H17N3O2. The third-order valence-electron chi connectivity index (χ3n) is 3.44. The molecule has 0 amide bonds. The van der Waals surface area contributed by atoms with Crippen LogP contribution in [0.25, 0.3) is 0 Å². The van der Waals surface area contributed by atoms with Gasteiger partial charge in [-0.1, -0.05) is 42.5 Å². The van der Waals surface area contributed by atoms with Gasteiger partial charge in [-0.3, -0.25) is 5.10 Å². The topological polar surface area (TPSA) is 71.0 Å². The van der Waals surface area contributed by atoms with Crippen molar-refractivity contribution in [3.63, 3.8) is 0 Å². The van der Waals surface area contributed by atoms with Crippen molar-refractivity contribution in [2.24, 2.45) is 0 Å². The predicted octanol–water partition coefficient (Wildman–Crippen LogP) is 2.49. The van der Waals surface area contributed by atoms with E-state index in [9.17, 15) is 5.11 Å². The number of H-pyrrole nitrogens is 1. The van der Waals surface area contributed by atoms with Gasteiger partial charge >= 0.3 is 0 Å². The molecule has 3 rings (SSSR count). The van der Waals surface area contributed by atoms with Crippen LogP contribution in [-0.4, -0.2) is 27.4 Å². The second-order valence-corrected chi connectivity index (χ2v) is 4.98. The van der Waals surface area contributed by atoms with E-state index in [-0.39, 0.29) is 0 Å². The van der Waals surface area contributed by atoms with Gasteiger partial charge in [0.05, 0.1) is 7.11 Å². The van der Waals surface area contributed by atoms with Crippen molar-refractivity contribution in [2.45, 2.75) is 12.5 Å². The van der Waals surface area contributed by atoms with Gasteiger partial charge in [0.2, 0.25) is 0 Å². The molecule has 5 heteroatoms. The molecule has 0 aliphatic carbocycles. The number of nitrogens with one attached hydrogen (secondary N) is 1. The van der Waals surface area contributed by atoms with E-state index in [1.165, 1.54) is 0 Å². The second-order valence-electron chi connectivity index (χ2n) is 4.98. The van der Waals surface area contributed by atoms with Crippen LogP contribution in [0.5, 0.6) is 5.75 Å². The third-order valence-corrected chi connectivity index (χ3v) is 3.44. The van der Waals surface area contributed by atoms with E-state index in [1.807, 2.05) is 30.3 Å². The number of aromatic amines is 1. The molecule has 0 aliphatic rings. The third kappa shape index (κ3) is 3.15. The monoisotopic (exact) mass is 295 g/mol. The first-order valence-corrected chi connectivity index (χ1v) is 7.03. The quantitative estimate of drug-likeness (QED) is 0.758. The molecule has 0 bridgehead atoms. The molecule has 1 atom stereocenters. The summed E-state index contributed by atoms with van der Waals surface area (Å²) in [6.45, 7) is 0. The summed E-state index contributed by atoms with van der Waals surface area (Å²) in [5.74, 6) is 1.85. The molecule has 2 aromatic carbocycles. The largest absolute Gasteiger partial charge is 0.497 e. The molecule has 0 radical (unpaired) electrons. The Labute approximate surface area is 128 Å². The Balaban J connectivity index is 1.74. The van der Waals surface area contributed by atoms with Crippen LogP contribution in [0.4, 0.5) is 0 Å². The van der Waals surface area contributed by atoms with Crippen LogP contribution in [0, 0.1) is 0 Å². The van der Waals surface area contributed by atoms with Gasteiger partial charge in [0.15, 0.2) is 5.82 Å². The van der Waals surface area contributed by atoms with Crippen molar-refractivity contribution in [1.82, 2.24) is 15.2 Å². The minimum Gasteiger partial charge on any atom is -0.497 e. The smallest absolute Gasteiger partial charge is 0.183 e. The van der Waals surface area contributed by atoms with Crippen molar-refractivity contribution in [3.05, 3.63) is 77.4 Å². The molecule has 5 nitrogen and oxygen atoms in total. The maximum atomic E-state index is 10.3. The summed E-state index contributed by atoms with van der Waals surface area (Å²) >= 11 is 0. The van der Waals surface area contributed by atoms with Crippen LogP contribution in [0.1, 0.15) is 28.9 Å². The van der Waals surface area contributed by atoms with Gasteiger partial charge in [-0.25, -0.2) is 4.98 Å². The number of aliphatic hydroxyl groups is 1. The summed E-state index contributed by atoms with van der Waals surface area (Å²) in [4.78, 5) is 4.38. The lowest BCUT2D eigenvalue weighted by Crippen LogP contribution is -2.02. The number of methoxy groups -OCH3 is 1. The Morgan fingerprint density at radius 2 is 1.82 bits per heavy atom. The molecule has 112 valence electrons. The Bertz CT molecular complexity index is 723. The van der Waals surface area contributed by atoms with Gasteiger partial charge < -0.3 is 9.84 Å². The first-order chi connectivity index (χ1) is 10.8. The zero-order valence-electron chi connectivity index (χ0n) is 12.2. The van der Waals surface area contributed by atoms with Crippen molar-refractivity contribution < 1.29 is 9.84 Å². The lowest BCUT2D eigenvalue weighted by molar-refractivity contribution is 0.210. The van der Waals surface area contributed by atoms with Gasteiger partial charge in [-0.2, -0.15) is 5.10 Å². The summed E-state index contributed by atoms with van der Waals surface area (Å²) in [6.07, 6.45) is -0.199. The molecule has 1 heterocycles. The number of hydrogen-bond acceptors (Lipinski definition) is 4. The Kier molecular flexibility index (Phi) is 4.16. The minimum atomic E-state index is -0.855. The van der Waals surface area contributed by atoms with Gasteiger partial charge in [-0.05, 0) is 23.3 Å². The second kappa shape index (κ2) is 6.41. The molecule has 0 fully saturated rings. The average molecular weight is 295 g/mol. The maximum absolute atomic E-state index is 10.3. The first-order valence-electron chi connectivity index (χ1n) is 7.03. The zero-order valence-corrected chi connectivity index (χ0v) is 12.2. The van der Waals surface area contributed by atoms with E-state index in [2.05, 4.69) is 15.2 Å². The van der Waals surface area contributed by atoms with Gasteiger partial charge in [0.25, 0.3) is 0 Å². The van der Waals surface area contributed by atoms with E-state index < -0.39 is 6.10 Å². The molecule has 1 aromatic heterocycles. The molecule has 0 spiro atoms. The number of ether oxygens (including phenoxy) is 1. The maximum Gasteiger partial charge on any atom is 0.183 e. The van der Waals surface area contributed by atoms with Crippen LogP contribution in [0.15, 0.2) is 54.6 Å². The summed E-state index contributed by atoms with van der Waals surface area (Å²) in [5.41, 5.74) is 1.87. The number of aliphatic hydroxyl groups excluding tert-OH is 1. The van der Waals surface area contributed by atoms with Crippen LogP contribution >= 0.6 is 0 Å². The Morgan fingerprint density at radius 1 is 1.09 bits per heavy atom. The van der Waals surface area contributed by atoms with Gasteiger partial charge in [0.1, 0.15) is 17.7 Å². The van der Waals surface area contributed by atoms with E-state index in [0.717, 1.165) is 22.7 Å². The van der Waals surface area contributed by atoms with Crippen LogP contribution < -0.4 is 4.74 Å². The fraction of sp³-hybridized carbons (Fsp3) is 0.176. The lowest BCUT2D eigenvalue weighted by Gasteiger charge is -2.07. The fourth-order valence-corrected chi connectivity index (χ4v) is 2.24. The number of aromatic nitrogens is 3. The predicted molar refractivity (Wildman–Crippen MR) is 82.7 cm³/mol. The highest BCUT2D eigenvalue weighted by Crippen LogP contribution is 2.21. The van der Waals surface area contributed by atoms with Crippen molar-refractivity contribution in [2.75, 3.05) is 7.11 Å². The zero-order chi connectivity index (χ0) is 15.4. The van der Waals surface area contributed by atoms with Gasteiger partial charge in [0, 0.05) is 6.42 Å². The lowest BCUT2D eigenvalue weighted by atomic mass is 10.1. The molecule has 0 saturated carbocycles. The normalized spacial score (nSPS) is 12.1. The van der Waals surface area contributed by atoms with Crippen molar-refractivity contribution >= 4 is 0 Å². The molecule has 1 unspecified atom stereocenters. The minimum absolute atomic E-state index is 0.371. The molecule has 0 aliphatic heterocycles. The highest BCUT2D eigenvalue weighted by molar-refractivity contribution is 5.30.